The van der Waals surface area contributed by atoms with Crippen molar-refractivity contribution in [2.45, 2.75) is 25.1 Å². The Morgan fingerprint density at radius 3 is 2.56 bits per heavy atom. The van der Waals surface area contributed by atoms with E-state index >= 15 is 0 Å². The van der Waals surface area contributed by atoms with Crippen LogP contribution in [-0.2, 0) is 11.2 Å². The molecule has 0 heterocycles. The number of ketones is 1. The molecule has 0 aliphatic heterocycles. The molecule has 0 amide bonds. The Morgan fingerprint density at radius 2 is 2.06 bits per heavy atom. The summed E-state index contributed by atoms with van der Waals surface area (Å²) in [6.07, 6.45) is 0.453. The van der Waals surface area contributed by atoms with E-state index in [1.807, 2.05) is 13.8 Å². The van der Waals surface area contributed by atoms with Gasteiger partial charge in [0.05, 0.1) is 4.83 Å². The van der Waals surface area contributed by atoms with E-state index in [4.69, 9.17) is 11.6 Å². The fourth-order valence-electron chi connectivity index (χ4n) is 1.40. The van der Waals surface area contributed by atoms with Gasteiger partial charge in [0.2, 0.25) is 0 Å². The number of carbonyl (C=O) groups is 1. The molecule has 1 aromatic carbocycles. The zero-order valence-electron chi connectivity index (χ0n) is 9.14. The lowest BCUT2D eigenvalue weighted by atomic mass is 10.0. The second kappa shape index (κ2) is 5.78. The third kappa shape index (κ3) is 3.87. The third-order valence-electron chi connectivity index (χ3n) is 2.22. The minimum absolute atomic E-state index is 0.0339. The highest BCUT2D eigenvalue weighted by Crippen LogP contribution is 2.19. The molecule has 0 N–H and O–H groups in total. The standard InChI is InChI=1S/C12H13BrClFO/c1-7(2)12(16)11(13)5-8-3-9(14)6-10(15)4-8/h3-4,6-7,11H,5H2,1-2H3. The van der Waals surface area contributed by atoms with E-state index < -0.39 is 0 Å². The van der Waals surface area contributed by atoms with Crippen LogP contribution in [0.3, 0.4) is 0 Å². The van der Waals surface area contributed by atoms with Crippen LogP contribution in [0.2, 0.25) is 5.02 Å². The minimum Gasteiger partial charge on any atom is -0.298 e. The van der Waals surface area contributed by atoms with E-state index in [0.29, 0.717) is 11.4 Å². The van der Waals surface area contributed by atoms with Crippen molar-refractivity contribution in [3.63, 3.8) is 0 Å². The van der Waals surface area contributed by atoms with Crippen LogP contribution in [0.4, 0.5) is 4.39 Å². The molecule has 0 aliphatic rings. The van der Waals surface area contributed by atoms with Gasteiger partial charge >= 0.3 is 0 Å². The van der Waals surface area contributed by atoms with Crippen LogP contribution in [0, 0.1) is 11.7 Å². The second-order valence-electron chi connectivity index (χ2n) is 4.01. The molecule has 0 aliphatic carbocycles. The van der Waals surface area contributed by atoms with Gasteiger partial charge in [-0.3, -0.25) is 4.79 Å². The van der Waals surface area contributed by atoms with Gasteiger partial charge in [0, 0.05) is 10.9 Å². The lowest BCUT2D eigenvalue weighted by Gasteiger charge is -2.11. The number of halogens is 3. The third-order valence-corrected chi connectivity index (χ3v) is 3.21. The number of hydrogen-bond donors (Lipinski definition) is 0. The van der Waals surface area contributed by atoms with Crippen LogP contribution < -0.4 is 0 Å². The van der Waals surface area contributed by atoms with Gasteiger partial charge in [0.15, 0.2) is 0 Å². The molecular formula is C12H13BrClFO. The first-order valence-corrected chi connectivity index (χ1v) is 6.32. The van der Waals surface area contributed by atoms with Gasteiger partial charge in [-0.25, -0.2) is 4.39 Å². The Balaban J connectivity index is 2.76. The van der Waals surface area contributed by atoms with Crippen LogP contribution in [0.1, 0.15) is 19.4 Å². The molecule has 1 unspecified atom stereocenters. The Kier molecular flexibility index (Phi) is 4.93. The van der Waals surface area contributed by atoms with E-state index in [2.05, 4.69) is 15.9 Å². The largest absolute Gasteiger partial charge is 0.298 e. The molecule has 0 saturated heterocycles. The molecule has 1 aromatic rings. The number of hydrogen-bond acceptors (Lipinski definition) is 1. The molecule has 0 radical (unpaired) electrons. The first-order chi connectivity index (χ1) is 7.40. The molecule has 1 rings (SSSR count). The Morgan fingerprint density at radius 1 is 1.44 bits per heavy atom. The summed E-state index contributed by atoms with van der Waals surface area (Å²) in [6.45, 7) is 3.68. The summed E-state index contributed by atoms with van der Waals surface area (Å²) in [7, 11) is 0. The maximum atomic E-state index is 13.1. The number of benzene rings is 1. The van der Waals surface area contributed by atoms with Crippen LogP contribution in [0.15, 0.2) is 18.2 Å². The normalized spacial score (nSPS) is 12.9. The average molecular weight is 308 g/mol. The zero-order chi connectivity index (χ0) is 12.3. The summed E-state index contributed by atoms with van der Waals surface area (Å²) >= 11 is 9.05. The van der Waals surface area contributed by atoms with Crippen molar-refractivity contribution in [2.75, 3.05) is 0 Å². The molecule has 0 fully saturated rings. The van der Waals surface area contributed by atoms with Crippen molar-refractivity contribution in [3.8, 4) is 0 Å². The minimum atomic E-state index is -0.376. The molecular weight excluding hydrogens is 294 g/mol. The molecule has 4 heteroatoms. The zero-order valence-corrected chi connectivity index (χ0v) is 11.5. The summed E-state index contributed by atoms with van der Waals surface area (Å²) in [5.41, 5.74) is 0.723. The van der Waals surface area contributed by atoms with Crippen molar-refractivity contribution >= 4 is 33.3 Å². The van der Waals surface area contributed by atoms with E-state index in [-0.39, 0.29) is 22.3 Å². The summed E-state index contributed by atoms with van der Waals surface area (Å²) in [5, 5.41) is 0.353. The molecule has 88 valence electrons. The molecule has 0 aromatic heterocycles. The van der Waals surface area contributed by atoms with Gasteiger partial charge in [-0.05, 0) is 30.2 Å². The molecule has 16 heavy (non-hydrogen) atoms. The van der Waals surface area contributed by atoms with Crippen molar-refractivity contribution in [3.05, 3.63) is 34.6 Å². The SMILES string of the molecule is CC(C)C(=O)C(Br)Cc1cc(F)cc(Cl)c1. The fourth-order valence-corrected chi connectivity index (χ4v) is 2.54. The molecule has 0 bridgehead atoms. The van der Waals surface area contributed by atoms with E-state index in [1.165, 1.54) is 12.1 Å². The monoisotopic (exact) mass is 306 g/mol. The average Bonchev–Trinajstić information content (AvgIpc) is 2.14. The topological polar surface area (TPSA) is 17.1 Å². The Hall–Kier alpha value is -0.410. The van der Waals surface area contributed by atoms with E-state index in [9.17, 15) is 9.18 Å². The first-order valence-electron chi connectivity index (χ1n) is 5.03. The predicted molar refractivity (Wildman–Crippen MR) is 67.7 cm³/mol. The second-order valence-corrected chi connectivity index (χ2v) is 5.55. The first kappa shape index (κ1) is 13.7. The van der Waals surface area contributed by atoms with E-state index in [0.717, 1.165) is 5.56 Å². The molecule has 1 atom stereocenters. The number of carbonyl (C=O) groups excluding carboxylic acids is 1. The van der Waals surface area contributed by atoms with Crippen LogP contribution in [0.25, 0.3) is 0 Å². The highest BCUT2D eigenvalue weighted by Gasteiger charge is 2.18. The quantitative estimate of drug-likeness (QED) is 0.768. The van der Waals surface area contributed by atoms with Crippen molar-refractivity contribution < 1.29 is 9.18 Å². The van der Waals surface area contributed by atoms with Gasteiger partial charge in [0.1, 0.15) is 11.6 Å². The predicted octanol–water partition coefficient (Wildman–Crippen LogP) is 4.01. The number of alkyl halides is 1. The van der Waals surface area contributed by atoms with Gasteiger partial charge in [-0.2, -0.15) is 0 Å². The number of Topliss-reactive ketones (excluding diaryl/α,β-unsaturated/α-hetero) is 1. The van der Waals surface area contributed by atoms with Gasteiger partial charge < -0.3 is 0 Å². The summed E-state index contributed by atoms with van der Waals surface area (Å²) in [6, 6.07) is 4.32. The maximum absolute atomic E-state index is 13.1. The van der Waals surface area contributed by atoms with Crippen molar-refractivity contribution in [1.82, 2.24) is 0 Å². The Labute approximate surface area is 108 Å². The maximum Gasteiger partial charge on any atom is 0.149 e. The van der Waals surface area contributed by atoms with E-state index in [1.54, 1.807) is 6.07 Å². The fraction of sp³-hybridized carbons (Fsp3) is 0.417. The van der Waals surface area contributed by atoms with Crippen LogP contribution >= 0.6 is 27.5 Å². The molecule has 1 nitrogen and oxygen atoms in total. The Bertz CT molecular complexity index is 372. The van der Waals surface area contributed by atoms with Crippen molar-refractivity contribution in [2.24, 2.45) is 5.92 Å². The van der Waals surface area contributed by atoms with Gasteiger partial charge in [0.25, 0.3) is 0 Å². The summed E-state index contributed by atoms with van der Waals surface area (Å²) in [4.78, 5) is 11.4. The lowest BCUT2D eigenvalue weighted by Crippen LogP contribution is -2.21. The van der Waals surface area contributed by atoms with Gasteiger partial charge in [-0.15, -0.1) is 0 Å². The summed E-state index contributed by atoms with van der Waals surface area (Å²) in [5.74, 6) is -0.298. The van der Waals surface area contributed by atoms with Gasteiger partial charge in [-0.1, -0.05) is 41.4 Å². The highest BCUT2D eigenvalue weighted by atomic mass is 79.9. The van der Waals surface area contributed by atoms with Crippen LogP contribution in [0.5, 0.6) is 0 Å². The smallest absolute Gasteiger partial charge is 0.149 e. The number of rotatable bonds is 4. The molecule has 0 saturated carbocycles. The summed E-state index contributed by atoms with van der Waals surface area (Å²) < 4.78 is 13.1. The molecule has 0 spiro atoms. The van der Waals surface area contributed by atoms with Crippen molar-refractivity contribution in [1.29, 1.82) is 0 Å². The van der Waals surface area contributed by atoms with Crippen LogP contribution in [-0.4, -0.2) is 10.6 Å². The highest BCUT2D eigenvalue weighted by molar-refractivity contribution is 9.10. The lowest BCUT2D eigenvalue weighted by molar-refractivity contribution is -0.121.